The van der Waals surface area contributed by atoms with Crippen LogP contribution in [0, 0.1) is 6.92 Å². The molecule has 0 aliphatic heterocycles. The number of benzene rings is 1. The van der Waals surface area contributed by atoms with Crippen LogP contribution in [0.2, 0.25) is 0 Å². The van der Waals surface area contributed by atoms with Crippen molar-refractivity contribution in [2.75, 3.05) is 11.9 Å². The Labute approximate surface area is 133 Å². The number of nitrogens with zero attached hydrogens (tertiary/aromatic N) is 1. The lowest BCUT2D eigenvalue weighted by molar-refractivity contribution is 0.173. The van der Waals surface area contributed by atoms with Gasteiger partial charge in [0.2, 0.25) is 0 Å². The van der Waals surface area contributed by atoms with Crippen LogP contribution in [0.1, 0.15) is 17.0 Å². The topological polar surface area (TPSA) is 71.2 Å². The molecule has 0 aliphatic carbocycles. The molecule has 0 fully saturated rings. The van der Waals surface area contributed by atoms with Gasteiger partial charge in [0, 0.05) is 24.9 Å². The summed E-state index contributed by atoms with van der Waals surface area (Å²) in [6.07, 6.45) is 2.87. The van der Waals surface area contributed by atoms with E-state index in [1.54, 1.807) is 17.5 Å². The standard InChI is InChI=1S/C17H19N3OS/c1-11-2-4-12(5-3-11)14(9-18)17(21)20-16-8-13-6-7-19-10-15(13)22-16/h2-8,10,14,17,20-21H,9,18H2,1H3/t14-,17+/m1/s1. The van der Waals surface area contributed by atoms with E-state index in [0.717, 1.165) is 20.7 Å². The van der Waals surface area contributed by atoms with Crippen molar-refractivity contribution in [2.45, 2.75) is 19.1 Å². The quantitative estimate of drug-likeness (QED) is 0.633. The predicted octanol–water partition coefficient (Wildman–Crippen LogP) is 3.08. The Balaban J connectivity index is 1.79. The fourth-order valence-electron chi connectivity index (χ4n) is 2.46. The van der Waals surface area contributed by atoms with Gasteiger partial charge in [-0.15, -0.1) is 11.3 Å². The number of aliphatic hydroxyl groups is 1. The van der Waals surface area contributed by atoms with Gasteiger partial charge in [-0.2, -0.15) is 0 Å². The molecule has 3 aromatic rings. The molecular weight excluding hydrogens is 294 g/mol. The molecule has 22 heavy (non-hydrogen) atoms. The molecule has 0 spiro atoms. The summed E-state index contributed by atoms with van der Waals surface area (Å²) in [7, 11) is 0. The molecule has 0 saturated heterocycles. The molecule has 0 aliphatic rings. The molecule has 0 amide bonds. The van der Waals surface area contributed by atoms with Gasteiger partial charge in [-0.1, -0.05) is 29.8 Å². The predicted molar refractivity (Wildman–Crippen MR) is 92.2 cm³/mol. The number of aryl methyl sites for hydroxylation is 1. The Morgan fingerprint density at radius 3 is 2.73 bits per heavy atom. The molecular formula is C17H19N3OS. The lowest BCUT2D eigenvalue weighted by Gasteiger charge is -2.23. The Hall–Kier alpha value is -1.95. The Bertz CT molecular complexity index is 721. The highest BCUT2D eigenvalue weighted by Crippen LogP contribution is 2.30. The van der Waals surface area contributed by atoms with Gasteiger partial charge >= 0.3 is 0 Å². The van der Waals surface area contributed by atoms with Crippen LogP contribution >= 0.6 is 11.3 Å². The molecule has 2 aromatic heterocycles. The number of aliphatic hydroxyl groups excluding tert-OH is 1. The van der Waals surface area contributed by atoms with Crippen molar-refractivity contribution in [3.05, 3.63) is 59.9 Å². The van der Waals surface area contributed by atoms with Crippen molar-refractivity contribution in [3.63, 3.8) is 0 Å². The second kappa shape index (κ2) is 6.44. The number of hydrogen-bond donors (Lipinski definition) is 3. The van der Waals surface area contributed by atoms with Gasteiger partial charge in [0.05, 0.1) is 9.70 Å². The second-order valence-electron chi connectivity index (χ2n) is 5.37. The third-order valence-corrected chi connectivity index (χ3v) is 4.77. The van der Waals surface area contributed by atoms with Gasteiger partial charge in [0.1, 0.15) is 6.23 Å². The van der Waals surface area contributed by atoms with Gasteiger partial charge < -0.3 is 16.2 Å². The zero-order valence-corrected chi connectivity index (χ0v) is 13.2. The molecule has 0 saturated carbocycles. The van der Waals surface area contributed by atoms with E-state index in [4.69, 9.17) is 5.73 Å². The van der Waals surface area contributed by atoms with Crippen LogP contribution in [0.5, 0.6) is 0 Å². The molecule has 4 nitrogen and oxygen atoms in total. The lowest BCUT2D eigenvalue weighted by atomic mass is 9.96. The Morgan fingerprint density at radius 1 is 1.27 bits per heavy atom. The number of aromatic nitrogens is 1. The lowest BCUT2D eigenvalue weighted by Crippen LogP contribution is -2.31. The largest absolute Gasteiger partial charge is 0.373 e. The fraction of sp³-hybridized carbons (Fsp3) is 0.235. The molecule has 2 heterocycles. The fourth-order valence-corrected chi connectivity index (χ4v) is 3.42. The molecule has 0 unspecified atom stereocenters. The summed E-state index contributed by atoms with van der Waals surface area (Å²) in [6.45, 7) is 2.42. The Kier molecular flexibility index (Phi) is 4.38. The van der Waals surface area contributed by atoms with Crippen LogP contribution in [0.15, 0.2) is 48.8 Å². The third kappa shape index (κ3) is 3.11. The van der Waals surface area contributed by atoms with E-state index >= 15 is 0 Å². The van der Waals surface area contributed by atoms with Crippen LogP contribution in [0.4, 0.5) is 5.00 Å². The van der Waals surface area contributed by atoms with E-state index in [9.17, 15) is 5.11 Å². The summed E-state index contributed by atoms with van der Waals surface area (Å²) >= 11 is 1.58. The number of pyridine rings is 1. The minimum atomic E-state index is -0.728. The molecule has 0 bridgehead atoms. The van der Waals surface area contributed by atoms with Crippen molar-refractivity contribution in [2.24, 2.45) is 5.73 Å². The van der Waals surface area contributed by atoms with Crippen molar-refractivity contribution in [3.8, 4) is 0 Å². The van der Waals surface area contributed by atoms with Crippen LogP contribution in [0.25, 0.3) is 10.1 Å². The summed E-state index contributed by atoms with van der Waals surface area (Å²) < 4.78 is 1.09. The summed E-state index contributed by atoms with van der Waals surface area (Å²) in [5.74, 6) is -0.149. The molecule has 0 radical (unpaired) electrons. The number of nitrogens with one attached hydrogen (secondary N) is 1. The minimum Gasteiger partial charge on any atom is -0.373 e. The molecule has 3 rings (SSSR count). The average Bonchev–Trinajstić information content (AvgIpc) is 2.92. The van der Waals surface area contributed by atoms with E-state index < -0.39 is 6.23 Å². The highest BCUT2D eigenvalue weighted by molar-refractivity contribution is 7.22. The molecule has 5 heteroatoms. The third-order valence-electron chi connectivity index (χ3n) is 3.75. The minimum absolute atomic E-state index is 0.149. The van der Waals surface area contributed by atoms with Crippen LogP contribution < -0.4 is 11.1 Å². The average molecular weight is 313 g/mol. The monoisotopic (exact) mass is 313 g/mol. The smallest absolute Gasteiger partial charge is 0.133 e. The van der Waals surface area contributed by atoms with Gasteiger partial charge in [-0.3, -0.25) is 4.98 Å². The first kappa shape index (κ1) is 15.0. The number of nitrogens with two attached hydrogens (primary N) is 1. The number of thiophene rings is 1. The van der Waals surface area contributed by atoms with E-state index in [2.05, 4.69) is 10.3 Å². The van der Waals surface area contributed by atoms with Gasteiger partial charge in [-0.05, 0) is 30.0 Å². The van der Waals surface area contributed by atoms with Crippen LogP contribution in [-0.4, -0.2) is 22.9 Å². The number of anilines is 1. The zero-order valence-electron chi connectivity index (χ0n) is 12.4. The van der Waals surface area contributed by atoms with Crippen LogP contribution in [-0.2, 0) is 0 Å². The first-order chi connectivity index (χ1) is 10.7. The maximum atomic E-state index is 10.5. The van der Waals surface area contributed by atoms with E-state index in [1.807, 2.05) is 49.5 Å². The zero-order chi connectivity index (χ0) is 15.5. The summed E-state index contributed by atoms with van der Waals surface area (Å²) in [5.41, 5.74) is 8.10. The van der Waals surface area contributed by atoms with Crippen molar-refractivity contribution >= 4 is 26.4 Å². The van der Waals surface area contributed by atoms with Crippen molar-refractivity contribution < 1.29 is 5.11 Å². The summed E-state index contributed by atoms with van der Waals surface area (Å²) in [6, 6.07) is 12.1. The maximum absolute atomic E-state index is 10.5. The highest BCUT2D eigenvalue weighted by atomic mass is 32.1. The van der Waals surface area contributed by atoms with Gasteiger partial charge in [-0.25, -0.2) is 0 Å². The highest BCUT2D eigenvalue weighted by Gasteiger charge is 2.20. The summed E-state index contributed by atoms with van der Waals surface area (Å²) in [5, 5.41) is 15.7. The van der Waals surface area contributed by atoms with E-state index in [0.29, 0.717) is 6.54 Å². The Morgan fingerprint density at radius 2 is 2.05 bits per heavy atom. The molecule has 2 atom stereocenters. The molecule has 1 aromatic carbocycles. The van der Waals surface area contributed by atoms with E-state index in [1.165, 1.54) is 5.56 Å². The molecule has 114 valence electrons. The number of fused-ring (bicyclic) bond motifs is 1. The van der Waals surface area contributed by atoms with Crippen molar-refractivity contribution in [1.29, 1.82) is 0 Å². The van der Waals surface area contributed by atoms with Gasteiger partial charge in [0.15, 0.2) is 0 Å². The van der Waals surface area contributed by atoms with Crippen molar-refractivity contribution in [1.82, 2.24) is 4.98 Å². The normalized spacial score (nSPS) is 14.0. The second-order valence-corrected chi connectivity index (χ2v) is 6.45. The first-order valence-corrected chi connectivity index (χ1v) is 8.04. The van der Waals surface area contributed by atoms with Crippen LogP contribution in [0.3, 0.4) is 0 Å². The molecule has 4 N–H and O–H groups in total. The van der Waals surface area contributed by atoms with Gasteiger partial charge in [0.25, 0.3) is 0 Å². The number of hydrogen-bond acceptors (Lipinski definition) is 5. The van der Waals surface area contributed by atoms with E-state index in [-0.39, 0.29) is 5.92 Å². The summed E-state index contributed by atoms with van der Waals surface area (Å²) in [4.78, 5) is 4.11. The SMILES string of the molecule is Cc1ccc([C@@H](CN)[C@H](O)Nc2cc3ccncc3s2)cc1. The first-order valence-electron chi connectivity index (χ1n) is 7.22. The maximum Gasteiger partial charge on any atom is 0.133 e. The number of rotatable bonds is 5.